The molecule has 2 heterocycles. The van der Waals surface area contributed by atoms with Crippen LogP contribution < -0.4 is 27.2 Å². The Morgan fingerprint density at radius 1 is 1.20 bits per heavy atom. The van der Waals surface area contributed by atoms with E-state index in [1.165, 1.54) is 15.0 Å². The molecule has 4 rings (SSSR count). The molecule has 2 aromatic heterocycles. The number of benzene rings is 2. The van der Waals surface area contributed by atoms with Gasteiger partial charge in [0.05, 0.1) is 16.8 Å². The van der Waals surface area contributed by atoms with Gasteiger partial charge in [-0.05, 0) is 55.3 Å². The topological polar surface area (TPSA) is 126 Å². The number of H-pyrrole nitrogens is 1. The highest BCUT2D eigenvalue weighted by Crippen LogP contribution is 2.31. The number of anilines is 3. The molecule has 0 atom stereocenters. The van der Waals surface area contributed by atoms with Gasteiger partial charge in [0.25, 0.3) is 5.56 Å². The molecule has 35 heavy (non-hydrogen) atoms. The van der Waals surface area contributed by atoms with Gasteiger partial charge in [0.15, 0.2) is 0 Å². The number of nitrogens with two attached hydrogens (primary N) is 1. The maximum Gasteiger partial charge on any atom is 0.330 e. The fraction of sp³-hybridized carbons (Fsp3) is 0.280. The Morgan fingerprint density at radius 2 is 1.94 bits per heavy atom. The van der Waals surface area contributed by atoms with Crippen molar-refractivity contribution in [3.8, 4) is 10.6 Å². The summed E-state index contributed by atoms with van der Waals surface area (Å²) in [7, 11) is 1.59. The van der Waals surface area contributed by atoms with Gasteiger partial charge in [-0.3, -0.25) is 19.1 Å². The molecule has 182 valence electrons. The van der Waals surface area contributed by atoms with Gasteiger partial charge >= 0.3 is 5.69 Å². The second kappa shape index (κ2) is 10.1. The maximum atomic E-state index is 12.7. The number of nitrogens with one attached hydrogen (secondary N) is 2. The van der Waals surface area contributed by atoms with Gasteiger partial charge in [0, 0.05) is 24.8 Å². The van der Waals surface area contributed by atoms with E-state index >= 15 is 0 Å². The third-order valence-electron chi connectivity index (χ3n) is 5.67. The van der Waals surface area contributed by atoms with E-state index in [0.29, 0.717) is 12.2 Å². The molecule has 0 saturated heterocycles. The molecule has 1 amide bonds. The molecular weight excluding hydrogens is 464 g/mol. The number of fused-ring (bicyclic) bond motifs is 1. The smallest absolute Gasteiger partial charge is 0.330 e. The first-order valence-electron chi connectivity index (χ1n) is 11.4. The fourth-order valence-electron chi connectivity index (χ4n) is 3.83. The van der Waals surface area contributed by atoms with Crippen molar-refractivity contribution < 1.29 is 4.79 Å². The number of hydrogen-bond acceptors (Lipinski definition) is 7. The number of likely N-dealkylation sites (N-methyl/N-ethyl adjacent to an activating group) is 1. The van der Waals surface area contributed by atoms with E-state index in [1.54, 1.807) is 18.4 Å². The van der Waals surface area contributed by atoms with Crippen LogP contribution >= 0.6 is 11.3 Å². The van der Waals surface area contributed by atoms with Crippen LogP contribution in [-0.4, -0.2) is 34.0 Å². The Labute approximate surface area is 206 Å². The SMILES string of the molecule is CCCCn1c(N)c(N(C)CC(=O)Nc2ccc(-c3nc4ccc(C)cc4s3)cc2)c(=O)[nH]c1=O. The molecule has 0 aliphatic heterocycles. The highest BCUT2D eigenvalue weighted by molar-refractivity contribution is 7.21. The number of aromatic amines is 1. The van der Waals surface area contributed by atoms with Crippen LogP contribution in [0, 0.1) is 6.92 Å². The number of carbonyl (C=O) groups excluding carboxylic acids is 1. The Morgan fingerprint density at radius 3 is 2.66 bits per heavy atom. The van der Waals surface area contributed by atoms with Crippen molar-refractivity contribution in [2.24, 2.45) is 0 Å². The van der Waals surface area contributed by atoms with Gasteiger partial charge in [-0.15, -0.1) is 11.3 Å². The number of aromatic nitrogens is 3. The average molecular weight is 493 g/mol. The van der Waals surface area contributed by atoms with Crippen LogP contribution in [0.5, 0.6) is 0 Å². The van der Waals surface area contributed by atoms with E-state index in [9.17, 15) is 14.4 Å². The first kappa shape index (κ1) is 24.2. The first-order valence-corrected chi connectivity index (χ1v) is 12.2. The Hall–Kier alpha value is -3.92. The summed E-state index contributed by atoms with van der Waals surface area (Å²) in [5.74, 6) is -0.265. The van der Waals surface area contributed by atoms with Gasteiger partial charge in [-0.2, -0.15) is 0 Å². The summed E-state index contributed by atoms with van der Waals surface area (Å²) >= 11 is 1.63. The van der Waals surface area contributed by atoms with E-state index in [2.05, 4.69) is 23.3 Å². The average Bonchev–Trinajstić information content (AvgIpc) is 3.22. The first-order chi connectivity index (χ1) is 16.8. The number of aryl methyl sites for hydroxylation is 1. The Balaban J connectivity index is 1.46. The lowest BCUT2D eigenvalue weighted by molar-refractivity contribution is -0.114. The minimum absolute atomic E-state index is 0.0536. The zero-order chi connectivity index (χ0) is 25.1. The van der Waals surface area contributed by atoms with Crippen molar-refractivity contribution in [3.05, 3.63) is 68.9 Å². The van der Waals surface area contributed by atoms with Crippen LogP contribution in [0.25, 0.3) is 20.8 Å². The molecule has 0 fully saturated rings. The summed E-state index contributed by atoms with van der Waals surface area (Å²) in [5, 5.41) is 3.75. The van der Waals surface area contributed by atoms with Crippen LogP contribution in [0.15, 0.2) is 52.1 Å². The number of carbonyl (C=O) groups is 1. The minimum Gasteiger partial charge on any atom is -0.383 e. The van der Waals surface area contributed by atoms with Crippen molar-refractivity contribution in [3.63, 3.8) is 0 Å². The summed E-state index contributed by atoms with van der Waals surface area (Å²) in [6, 6.07) is 13.6. The second-order valence-corrected chi connectivity index (χ2v) is 9.50. The molecule has 0 bridgehead atoms. The molecule has 0 radical (unpaired) electrons. The minimum atomic E-state index is -0.620. The molecule has 4 N–H and O–H groups in total. The molecule has 9 nitrogen and oxygen atoms in total. The van der Waals surface area contributed by atoms with Crippen LogP contribution in [0.2, 0.25) is 0 Å². The third-order valence-corrected chi connectivity index (χ3v) is 6.74. The molecule has 10 heteroatoms. The van der Waals surface area contributed by atoms with Gasteiger partial charge in [-0.1, -0.05) is 19.4 Å². The zero-order valence-corrected chi connectivity index (χ0v) is 20.7. The van der Waals surface area contributed by atoms with Crippen LogP contribution in [0.4, 0.5) is 17.2 Å². The van der Waals surface area contributed by atoms with E-state index in [-0.39, 0.29) is 24.0 Å². The number of hydrogen-bond donors (Lipinski definition) is 3. The lowest BCUT2D eigenvalue weighted by Gasteiger charge is -2.21. The number of thiazole rings is 1. The monoisotopic (exact) mass is 492 g/mol. The summed E-state index contributed by atoms with van der Waals surface area (Å²) in [5.41, 5.74) is 8.80. The highest BCUT2D eigenvalue weighted by Gasteiger charge is 2.18. The predicted octanol–water partition coefficient (Wildman–Crippen LogP) is 3.58. The van der Waals surface area contributed by atoms with Crippen LogP contribution in [-0.2, 0) is 11.3 Å². The molecule has 0 unspecified atom stereocenters. The normalized spacial score (nSPS) is 11.1. The lowest BCUT2D eigenvalue weighted by atomic mass is 10.2. The van der Waals surface area contributed by atoms with Crippen molar-refractivity contribution >= 4 is 44.7 Å². The molecule has 2 aromatic carbocycles. The van der Waals surface area contributed by atoms with Crippen LogP contribution in [0.1, 0.15) is 25.3 Å². The van der Waals surface area contributed by atoms with Gasteiger partial charge in [0.2, 0.25) is 5.91 Å². The number of amides is 1. The zero-order valence-electron chi connectivity index (χ0n) is 19.9. The third kappa shape index (κ3) is 5.27. The lowest BCUT2D eigenvalue weighted by Crippen LogP contribution is -2.39. The molecule has 4 aromatic rings. The molecule has 0 saturated carbocycles. The van der Waals surface area contributed by atoms with E-state index in [4.69, 9.17) is 10.7 Å². The molecule has 0 aliphatic carbocycles. The quantitative estimate of drug-likeness (QED) is 0.345. The maximum absolute atomic E-state index is 12.7. The summed E-state index contributed by atoms with van der Waals surface area (Å²) in [6.07, 6.45) is 1.61. The van der Waals surface area contributed by atoms with Gasteiger partial charge < -0.3 is 16.0 Å². The fourth-order valence-corrected chi connectivity index (χ4v) is 4.90. The van der Waals surface area contributed by atoms with Gasteiger partial charge in [0.1, 0.15) is 16.5 Å². The molecule has 0 aliphatic rings. The van der Waals surface area contributed by atoms with Crippen molar-refractivity contribution in [2.45, 2.75) is 33.2 Å². The largest absolute Gasteiger partial charge is 0.383 e. The van der Waals surface area contributed by atoms with E-state index in [1.807, 2.05) is 43.3 Å². The van der Waals surface area contributed by atoms with Crippen molar-refractivity contribution in [1.29, 1.82) is 0 Å². The Bertz CT molecular complexity index is 1490. The molecule has 0 spiro atoms. The molecular formula is C25H28N6O3S. The van der Waals surface area contributed by atoms with Crippen molar-refractivity contribution in [1.82, 2.24) is 14.5 Å². The van der Waals surface area contributed by atoms with Crippen LogP contribution in [0.3, 0.4) is 0 Å². The summed E-state index contributed by atoms with van der Waals surface area (Å²) in [6.45, 7) is 4.34. The number of nitrogens with zero attached hydrogens (tertiary/aromatic N) is 3. The van der Waals surface area contributed by atoms with E-state index in [0.717, 1.165) is 33.6 Å². The number of unbranched alkanes of at least 4 members (excludes halogenated alkanes) is 1. The summed E-state index contributed by atoms with van der Waals surface area (Å²) < 4.78 is 2.46. The van der Waals surface area contributed by atoms with E-state index < -0.39 is 11.2 Å². The standard InChI is InChI=1S/C25H28N6O3S/c1-4-5-12-31-22(26)21(23(33)29-25(31)34)30(3)14-20(32)27-17-9-7-16(8-10-17)24-28-18-11-6-15(2)13-19(18)35-24/h6-11,13H,4-5,12,14,26H2,1-3H3,(H,27,32)(H,29,33,34). The Kier molecular flexibility index (Phi) is 7.02. The number of rotatable bonds is 8. The summed E-state index contributed by atoms with van der Waals surface area (Å²) in [4.78, 5) is 45.6. The van der Waals surface area contributed by atoms with Gasteiger partial charge in [-0.25, -0.2) is 9.78 Å². The predicted molar refractivity (Wildman–Crippen MR) is 142 cm³/mol. The highest BCUT2D eigenvalue weighted by atomic mass is 32.1. The second-order valence-electron chi connectivity index (χ2n) is 8.47. The number of nitrogen functional groups attached to an aromatic ring is 1. The van der Waals surface area contributed by atoms with Crippen molar-refractivity contribution in [2.75, 3.05) is 29.5 Å².